The molecule has 4 aromatic rings. The first-order valence-corrected chi connectivity index (χ1v) is 9.86. The number of piperidine rings is 1. The fourth-order valence-corrected chi connectivity index (χ4v) is 3.89. The minimum absolute atomic E-state index is 0.0552. The van der Waals surface area contributed by atoms with Crippen LogP contribution in [0.4, 0.5) is 5.82 Å². The summed E-state index contributed by atoms with van der Waals surface area (Å²) in [6.45, 7) is 1.68. The predicted octanol–water partition coefficient (Wildman–Crippen LogP) is 3.35. The number of carbonyl (C=O) groups is 1. The summed E-state index contributed by atoms with van der Waals surface area (Å²) in [5.41, 5.74) is 4.48. The second-order valence-corrected chi connectivity index (χ2v) is 7.40. The van der Waals surface area contributed by atoms with Crippen molar-refractivity contribution in [3.63, 3.8) is 0 Å². The van der Waals surface area contributed by atoms with Gasteiger partial charge in [-0.15, -0.1) is 0 Å². The lowest BCUT2D eigenvalue weighted by Gasteiger charge is -2.33. The highest BCUT2D eigenvalue weighted by molar-refractivity contribution is 5.97. The molecule has 0 bridgehead atoms. The maximum absolute atomic E-state index is 12.7. The molecule has 1 amide bonds. The SMILES string of the molecule is O=C(NC1CCCN(c2cc(-c3ccccc3)[nH]n2)C1)c1ccc2nc[nH]c2c1. The number of carbonyl (C=O) groups excluding carboxylic acids is 1. The molecule has 3 N–H and O–H groups in total. The highest BCUT2D eigenvalue weighted by Crippen LogP contribution is 2.24. The molecule has 1 atom stereocenters. The van der Waals surface area contributed by atoms with Gasteiger partial charge in [0.05, 0.1) is 23.1 Å². The summed E-state index contributed by atoms with van der Waals surface area (Å²) in [6.07, 6.45) is 3.61. The number of H-pyrrole nitrogens is 2. The molecule has 2 aromatic heterocycles. The summed E-state index contributed by atoms with van der Waals surface area (Å²) in [5.74, 6) is 0.863. The number of nitrogens with zero attached hydrogens (tertiary/aromatic N) is 3. The Labute approximate surface area is 168 Å². The maximum atomic E-state index is 12.7. The van der Waals surface area contributed by atoms with Crippen LogP contribution in [-0.2, 0) is 0 Å². The van der Waals surface area contributed by atoms with Gasteiger partial charge in [-0.3, -0.25) is 9.89 Å². The first kappa shape index (κ1) is 17.5. The second-order valence-electron chi connectivity index (χ2n) is 7.40. The summed E-state index contributed by atoms with van der Waals surface area (Å²) >= 11 is 0. The number of hydrogen-bond acceptors (Lipinski definition) is 4. The second kappa shape index (κ2) is 7.43. The van der Waals surface area contributed by atoms with E-state index in [4.69, 9.17) is 0 Å². The van der Waals surface area contributed by atoms with Crippen LogP contribution in [0.2, 0.25) is 0 Å². The zero-order valence-corrected chi connectivity index (χ0v) is 15.9. The van der Waals surface area contributed by atoms with Crippen molar-refractivity contribution >= 4 is 22.8 Å². The minimum Gasteiger partial charge on any atom is -0.353 e. The van der Waals surface area contributed by atoms with Crippen molar-refractivity contribution in [2.75, 3.05) is 18.0 Å². The molecule has 0 radical (unpaired) electrons. The zero-order chi connectivity index (χ0) is 19.6. The number of aromatic amines is 2. The topological polar surface area (TPSA) is 89.7 Å². The number of aromatic nitrogens is 4. The Morgan fingerprint density at radius 3 is 2.93 bits per heavy atom. The number of amides is 1. The van der Waals surface area contributed by atoms with E-state index in [1.54, 1.807) is 6.33 Å². The van der Waals surface area contributed by atoms with Crippen LogP contribution in [0, 0.1) is 0 Å². The van der Waals surface area contributed by atoms with Gasteiger partial charge < -0.3 is 15.2 Å². The lowest BCUT2D eigenvalue weighted by molar-refractivity contribution is 0.0933. The lowest BCUT2D eigenvalue weighted by atomic mass is 10.0. The Hall–Kier alpha value is -3.61. The number of fused-ring (bicyclic) bond motifs is 1. The van der Waals surface area contributed by atoms with Crippen molar-refractivity contribution in [1.82, 2.24) is 25.5 Å². The molecule has 1 fully saturated rings. The van der Waals surface area contributed by atoms with Crippen molar-refractivity contribution < 1.29 is 4.79 Å². The van der Waals surface area contributed by atoms with Crippen molar-refractivity contribution in [2.45, 2.75) is 18.9 Å². The number of hydrogen-bond donors (Lipinski definition) is 3. The first-order valence-electron chi connectivity index (χ1n) is 9.86. The molecule has 7 heteroatoms. The monoisotopic (exact) mass is 386 g/mol. The minimum atomic E-state index is -0.0552. The Morgan fingerprint density at radius 1 is 1.14 bits per heavy atom. The molecule has 3 heterocycles. The van der Waals surface area contributed by atoms with Crippen LogP contribution in [0.5, 0.6) is 0 Å². The maximum Gasteiger partial charge on any atom is 0.251 e. The van der Waals surface area contributed by atoms with E-state index in [1.165, 1.54) is 0 Å². The summed E-state index contributed by atoms with van der Waals surface area (Å²) in [6, 6.07) is 17.9. The third-order valence-electron chi connectivity index (χ3n) is 5.41. The van der Waals surface area contributed by atoms with Gasteiger partial charge in [-0.1, -0.05) is 30.3 Å². The summed E-state index contributed by atoms with van der Waals surface area (Å²) < 4.78 is 0. The average molecular weight is 386 g/mol. The van der Waals surface area contributed by atoms with Gasteiger partial charge in [-0.05, 0) is 36.6 Å². The third kappa shape index (κ3) is 3.59. The smallest absolute Gasteiger partial charge is 0.251 e. The molecule has 5 rings (SSSR count). The molecule has 1 saturated heterocycles. The Balaban J connectivity index is 1.27. The van der Waals surface area contributed by atoms with Crippen LogP contribution >= 0.6 is 0 Å². The molecule has 7 nitrogen and oxygen atoms in total. The van der Waals surface area contributed by atoms with Gasteiger partial charge in [0, 0.05) is 30.8 Å². The number of anilines is 1. The summed E-state index contributed by atoms with van der Waals surface area (Å²) in [4.78, 5) is 22.2. The Morgan fingerprint density at radius 2 is 2.03 bits per heavy atom. The molecule has 1 aliphatic rings. The first-order chi connectivity index (χ1) is 14.3. The summed E-state index contributed by atoms with van der Waals surface area (Å²) in [5, 5.41) is 10.8. The van der Waals surface area contributed by atoms with Gasteiger partial charge in [0.1, 0.15) is 0 Å². The predicted molar refractivity (Wildman–Crippen MR) is 113 cm³/mol. The van der Waals surface area contributed by atoms with Gasteiger partial charge in [0.15, 0.2) is 5.82 Å². The quantitative estimate of drug-likeness (QED) is 0.502. The average Bonchev–Trinajstić information content (AvgIpc) is 3.44. The fraction of sp³-hybridized carbons (Fsp3) is 0.227. The normalized spacial score (nSPS) is 16.8. The summed E-state index contributed by atoms with van der Waals surface area (Å²) in [7, 11) is 0. The zero-order valence-electron chi connectivity index (χ0n) is 15.9. The van der Waals surface area contributed by atoms with Crippen LogP contribution in [0.1, 0.15) is 23.2 Å². The molecule has 2 aromatic carbocycles. The molecule has 146 valence electrons. The number of nitrogens with one attached hydrogen (secondary N) is 3. The van der Waals surface area contributed by atoms with E-state index in [-0.39, 0.29) is 11.9 Å². The van der Waals surface area contributed by atoms with E-state index in [2.05, 4.69) is 48.6 Å². The number of imidazole rings is 1. The van der Waals surface area contributed by atoms with Crippen LogP contribution in [0.15, 0.2) is 60.9 Å². The van der Waals surface area contributed by atoms with Gasteiger partial charge >= 0.3 is 0 Å². The molecule has 0 saturated carbocycles. The van der Waals surface area contributed by atoms with Crippen molar-refractivity contribution in [2.24, 2.45) is 0 Å². The largest absolute Gasteiger partial charge is 0.353 e. The lowest BCUT2D eigenvalue weighted by Crippen LogP contribution is -2.48. The third-order valence-corrected chi connectivity index (χ3v) is 5.41. The standard InChI is InChI=1S/C22H22N6O/c29-22(16-8-9-18-20(11-16)24-14-23-18)25-17-7-4-10-28(13-17)21-12-19(26-27-21)15-5-2-1-3-6-15/h1-3,5-6,8-9,11-12,14,17H,4,7,10,13H2,(H,23,24)(H,25,29)(H,26,27). The Bertz CT molecular complexity index is 1130. The van der Waals surface area contributed by atoms with Crippen LogP contribution in [-0.4, -0.2) is 45.2 Å². The van der Waals surface area contributed by atoms with E-state index in [1.807, 2.05) is 36.4 Å². The molecule has 0 spiro atoms. The van der Waals surface area contributed by atoms with Crippen LogP contribution in [0.3, 0.4) is 0 Å². The highest BCUT2D eigenvalue weighted by atomic mass is 16.1. The van der Waals surface area contributed by atoms with Crippen molar-refractivity contribution in [3.8, 4) is 11.3 Å². The van der Waals surface area contributed by atoms with E-state index in [9.17, 15) is 4.79 Å². The number of benzene rings is 2. The fourth-order valence-electron chi connectivity index (χ4n) is 3.89. The molecule has 1 aliphatic heterocycles. The van der Waals surface area contributed by atoms with Gasteiger partial charge in [-0.2, -0.15) is 5.10 Å². The Kier molecular flexibility index (Phi) is 4.48. The van der Waals surface area contributed by atoms with E-state index < -0.39 is 0 Å². The van der Waals surface area contributed by atoms with Gasteiger partial charge in [0.25, 0.3) is 5.91 Å². The van der Waals surface area contributed by atoms with E-state index in [0.717, 1.165) is 54.0 Å². The van der Waals surface area contributed by atoms with Crippen LogP contribution in [0.25, 0.3) is 22.3 Å². The van der Waals surface area contributed by atoms with Crippen LogP contribution < -0.4 is 10.2 Å². The van der Waals surface area contributed by atoms with E-state index >= 15 is 0 Å². The molecular formula is C22H22N6O. The van der Waals surface area contributed by atoms with Gasteiger partial charge in [-0.25, -0.2) is 4.98 Å². The molecule has 29 heavy (non-hydrogen) atoms. The van der Waals surface area contributed by atoms with Crippen molar-refractivity contribution in [3.05, 3.63) is 66.5 Å². The van der Waals surface area contributed by atoms with E-state index in [0.29, 0.717) is 5.56 Å². The number of rotatable bonds is 4. The molecular weight excluding hydrogens is 364 g/mol. The van der Waals surface area contributed by atoms with Crippen molar-refractivity contribution in [1.29, 1.82) is 0 Å². The van der Waals surface area contributed by atoms with Gasteiger partial charge in [0.2, 0.25) is 0 Å². The molecule has 1 unspecified atom stereocenters. The highest BCUT2D eigenvalue weighted by Gasteiger charge is 2.24. The molecule has 0 aliphatic carbocycles.